The van der Waals surface area contributed by atoms with E-state index in [0.29, 0.717) is 25.3 Å². The summed E-state index contributed by atoms with van der Waals surface area (Å²) in [5.74, 6) is 0.461. The smallest absolute Gasteiger partial charge is 0.178 e. The first kappa shape index (κ1) is 23.3. The Hall–Kier alpha value is -2.90. The molecule has 0 bridgehead atoms. The first-order valence-corrected chi connectivity index (χ1v) is 11.7. The number of rotatable bonds is 9. The van der Waals surface area contributed by atoms with Crippen molar-refractivity contribution in [2.45, 2.75) is 66.2 Å². The van der Waals surface area contributed by atoms with Crippen molar-refractivity contribution in [1.82, 2.24) is 14.8 Å². The van der Waals surface area contributed by atoms with E-state index in [1.807, 2.05) is 42.0 Å². The van der Waals surface area contributed by atoms with E-state index >= 15 is 0 Å². The van der Waals surface area contributed by atoms with Crippen molar-refractivity contribution < 1.29 is 14.7 Å². The molecule has 0 spiro atoms. The quantitative estimate of drug-likeness (QED) is 0.207. The molecule has 2 aromatic heterocycles. The third-order valence-corrected chi connectivity index (χ3v) is 6.36. The highest BCUT2D eigenvalue weighted by Crippen LogP contribution is 2.36. The molecule has 7 nitrogen and oxygen atoms in total. The molecule has 2 heterocycles. The van der Waals surface area contributed by atoms with Crippen LogP contribution in [0.4, 0.5) is 0 Å². The van der Waals surface area contributed by atoms with Crippen LogP contribution in [0.25, 0.3) is 16.7 Å². The van der Waals surface area contributed by atoms with Gasteiger partial charge in [0.25, 0.3) is 0 Å². The largest absolute Gasteiger partial charge is 0.366 e. The number of hydrogen-bond acceptors (Lipinski definition) is 5. The van der Waals surface area contributed by atoms with Crippen molar-refractivity contribution in [3.05, 3.63) is 59.6 Å². The summed E-state index contributed by atoms with van der Waals surface area (Å²) in [4.78, 5) is 5.81. The van der Waals surface area contributed by atoms with Gasteiger partial charge in [-0.25, -0.2) is 0 Å². The van der Waals surface area contributed by atoms with Gasteiger partial charge in [0.2, 0.25) is 0 Å². The van der Waals surface area contributed by atoms with Crippen LogP contribution in [0.15, 0.2) is 42.2 Å². The van der Waals surface area contributed by atoms with Crippen LogP contribution in [-0.2, 0) is 29.0 Å². The molecular weight excluding hydrogens is 416 g/mol. The second-order valence-corrected chi connectivity index (χ2v) is 9.39. The molecular formula is C26H34N4O3. The van der Waals surface area contributed by atoms with E-state index in [1.165, 1.54) is 11.3 Å². The van der Waals surface area contributed by atoms with Gasteiger partial charge in [0.1, 0.15) is 5.69 Å². The molecule has 0 saturated carbocycles. The van der Waals surface area contributed by atoms with Crippen LogP contribution in [-0.4, -0.2) is 38.5 Å². The molecule has 4 rings (SSSR count). The highest BCUT2D eigenvalue weighted by Gasteiger charge is 2.29. The monoisotopic (exact) mass is 450 g/mol. The normalized spacial score (nSPS) is 16.6. The Bertz CT molecular complexity index is 1170. The summed E-state index contributed by atoms with van der Waals surface area (Å²) in [7, 11) is 0. The molecule has 0 amide bonds. The number of oxime groups is 1. The summed E-state index contributed by atoms with van der Waals surface area (Å²) in [5.41, 5.74) is 6.25. The lowest BCUT2D eigenvalue weighted by molar-refractivity contribution is -0.103. The third-order valence-electron chi connectivity index (χ3n) is 6.36. The fourth-order valence-corrected chi connectivity index (χ4v) is 4.58. The average Bonchev–Trinajstić information content (AvgIpc) is 3.37. The lowest BCUT2D eigenvalue weighted by Gasteiger charge is -2.29. The minimum Gasteiger partial charge on any atom is -0.366 e. The van der Waals surface area contributed by atoms with Crippen LogP contribution < -0.4 is 0 Å². The third kappa shape index (κ3) is 4.89. The maximum Gasteiger partial charge on any atom is 0.178 e. The number of aliphatic hydroxyl groups is 1. The number of benzene rings is 1. The number of H-pyrrole nitrogens is 1. The van der Waals surface area contributed by atoms with Gasteiger partial charge in [-0.15, -0.1) is 0 Å². The van der Waals surface area contributed by atoms with Crippen LogP contribution in [0, 0.1) is 5.41 Å². The second-order valence-electron chi connectivity index (χ2n) is 9.39. The summed E-state index contributed by atoms with van der Waals surface area (Å²) >= 11 is 0. The van der Waals surface area contributed by atoms with Gasteiger partial charge < -0.3 is 19.2 Å². The molecule has 176 valence electrons. The van der Waals surface area contributed by atoms with E-state index < -0.39 is 6.29 Å². The summed E-state index contributed by atoms with van der Waals surface area (Å²) < 4.78 is 7.28. The Morgan fingerprint density at radius 3 is 2.91 bits per heavy atom. The second kappa shape index (κ2) is 9.53. The molecule has 3 aromatic rings. The minimum absolute atomic E-state index is 0.278. The van der Waals surface area contributed by atoms with Gasteiger partial charge in [-0.2, -0.15) is 5.10 Å². The van der Waals surface area contributed by atoms with Crippen LogP contribution in [0.5, 0.6) is 0 Å². The van der Waals surface area contributed by atoms with Crippen LogP contribution in [0.1, 0.15) is 63.1 Å². The standard InChI is InChI=1S/C26H34N4O3/c1-6-21(18-9-8-10-23-19(18)12-14-30(23)16-24(31)32-7-2)29-33-17(3)25-20-11-13-26(4,5)15-22(20)27-28-25/h8-10,12,14,24,31H,3,6-7,11,13,15-16H2,1-2,4-5H3,(H,27,28). The number of nitrogens with one attached hydrogen (secondary N) is 1. The average molecular weight is 451 g/mol. The van der Waals surface area contributed by atoms with Crippen molar-refractivity contribution in [2.24, 2.45) is 10.6 Å². The minimum atomic E-state index is -0.842. The van der Waals surface area contributed by atoms with E-state index in [1.54, 1.807) is 0 Å². The Morgan fingerprint density at radius 2 is 2.15 bits per heavy atom. The maximum atomic E-state index is 10.0. The summed E-state index contributed by atoms with van der Waals surface area (Å²) in [6.45, 7) is 13.4. The van der Waals surface area contributed by atoms with Crippen molar-refractivity contribution in [3.8, 4) is 0 Å². The zero-order chi connectivity index (χ0) is 23.6. The van der Waals surface area contributed by atoms with Gasteiger partial charge in [-0.05, 0) is 50.2 Å². The first-order chi connectivity index (χ1) is 15.8. The summed E-state index contributed by atoms with van der Waals surface area (Å²) in [6.07, 6.45) is 4.86. The lowest BCUT2D eigenvalue weighted by atomic mass is 9.76. The zero-order valence-electron chi connectivity index (χ0n) is 20.0. The first-order valence-electron chi connectivity index (χ1n) is 11.7. The Kier molecular flexibility index (Phi) is 6.72. The van der Waals surface area contributed by atoms with Gasteiger partial charge in [-0.1, -0.05) is 44.6 Å². The Balaban J connectivity index is 1.56. The number of aromatic nitrogens is 3. The fraction of sp³-hybridized carbons (Fsp3) is 0.462. The van der Waals surface area contributed by atoms with Crippen molar-refractivity contribution in [1.29, 1.82) is 0 Å². The summed E-state index contributed by atoms with van der Waals surface area (Å²) in [5, 5.41) is 23.2. The maximum absolute atomic E-state index is 10.0. The van der Waals surface area contributed by atoms with E-state index in [2.05, 4.69) is 42.7 Å². The van der Waals surface area contributed by atoms with E-state index in [0.717, 1.165) is 47.1 Å². The number of hydrogen-bond donors (Lipinski definition) is 2. The number of ether oxygens (including phenoxy) is 1. The molecule has 1 unspecified atom stereocenters. The number of aliphatic hydroxyl groups excluding tert-OH is 1. The van der Waals surface area contributed by atoms with E-state index in [4.69, 9.17) is 9.57 Å². The van der Waals surface area contributed by atoms with Crippen LogP contribution in [0.3, 0.4) is 0 Å². The predicted molar refractivity (Wildman–Crippen MR) is 131 cm³/mol. The highest BCUT2D eigenvalue weighted by atomic mass is 16.6. The molecule has 0 radical (unpaired) electrons. The predicted octanol–water partition coefficient (Wildman–Crippen LogP) is 5.04. The molecule has 7 heteroatoms. The Morgan fingerprint density at radius 1 is 1.33 bits per heavy atom. The number of fused-ring (bicyclic) bond motifs is 2. The molecule has 0 fully saturated rings. The molecule has 1 aromatic carbocycles. The molecule has 1 aliphatic carbocycles. The molecule has 2 N–H and O–H groups in total. The Labute approximate surface area is 195 Å². The SMILES string of the molecule is C=C(ON=C(CC)c1cccc2c1ccn2CC(O)OCC)c1n[nH]c2c1CCC(C)(C)C2. The van der Waals surface area contributed by atoms with Crippen LogP contribution >= 0.6 is 0 Å². The fourth-order valence-electron chi connectivity index (χ4n) is 4.58. The number of nitrogens with zero attached hydrogens (tertiary/aromatic N) is 3. The zero-order valence-corrected chi connectivity index (χ0v) is 20.0. The topological polar surface area (TPSA) is 84.7 Å². The van der Waals surface area contributed by atoms with Crippen LogP contribution in [0.2, 0.25) is 0 Å². The van der Waals surface area contributed by atoms with Gasteiger partial charge in [0.15, 0.2) is 12.0 Å². The molecule has 33 heavy (non-hydrogen) atoms. The van der Waals surface area contributed by atoms with Crippen molar-refractivity contribution in [2.75, 3.05) is 6.61 Å². The lowest BCUT2D eigenvalue weighted by Crippen LogP contribution is -2.22. The molecule has 0 saturated heterocycles. The van der Waals surface area contributed by atoms with E-state index in [-0.39, 0.29) is 5.41 Å². The number of aromatic amines is 1. The van der Waals surface area contributed by atoms with Crippen molar-refractivity contribution >= 4 is 22.4 Å². The highest BCUT2D eigenvalue weighted by molar-refractivity contribution is 6.10. The molecule has 0 aliphatic heterocycles. The van der Waals surface area contributed by atoms with Gasteiger partial charge >= 0.3 is 0 Å². The molecule has 1 atom stereocenters. The van der Waals surface area contributed by atoms with E-state index in [9.17, 15) is 5.11 Å². The van der Waals surface area contributed by atoms with Gasteiger partial charge in [0, 0.05) is 40.5 Å². The van der Waals surface area contributed by atoms with Crippen molar-refractivity contribution in [3.63, 3.8) is 0 Å². The summed E-state index contributed by atoms with van der Waals surface area (Å²) in [6, 6.07) is 8.10. The van der Waals surface area contributed by atoms with Gasteiger partial charge in [-0.3, -0.25) is 5.10 Å². The van der Waals surface area contributed by atoms with Gasteiger partial charge in [0.05, 0.1) is 12.3 Å². The molecule has 1 aliphatic rings.